The molecule has 0 radical (unpaired) electrons. The highest BCUT2D eigenvalue weighted by molar-refractivity contribution is 7.11. The van der Waals surface area contributed by atoms with Gasteiger partial charge in [0.25, 0.3) is 0 Å². The van der Waals surface area contributed by atoms with Gasteiger partial charge in [-0.1, -0.05) is 6.07 Å². The molecule has 1 fully saturated rings. The number of hydrogen-bond donors (Lipinski definition) is 1. The number of ether oxygens (including phenoxy) is 2. The first-order valence-corrected chi connectivity index (χ1v) is 7.57. The van der Waals surface area contributed by atoms with Crippen molar-refractivity contribution in [1.29, 1.82) is 0 Å². The first-order valence-electron chi connectivity index (χ1n) is 6.75. The van der Waals surface area contributed by atoms with Crippen molar-refractivity contribution in [1.82, 2.24) is 4.98 Å². The van der Waals surface area contributed by atoms with Gasteiger partial charge in [-0.15, -0.1) is 11.3 Å². The molecule has 0 bridgehead atoms. The third-order valence-corrected chi connectivity index (χ3v) is 4.39. The molecule has 1 heterocycles. The summed E-state index contributed by atoms with van der Waals surface area (Å²) in [5, 5.41) is 0.996. The number of benzene rings is 1. The van der Waals surface area contributed by atoms with Gasteiger partial charge in [-0.05, 0) is 25.0 Å². The monoisotopic (exact) mass is 290 g/mol. The zero-order chi connectivity index (χ0) is 13.9. The summed E-state index contributed by atoms with van der Waals surface area (Å²) < 4.78 is 11.0. The van der Waals surface area contributed by atoms with Crippen LogP contribution < -0.4 is 15.2 Å². The molecule has 1 aromatic heterocycles. The fourth-order valence-corrected chi connectivity index (χ4v) is 3.08. The molecule has 1 aliphatic carbocycles. The SMILES string of the molecule is COc1cccc(OCc2nc(C3CC3)c(CN)s2)c1. The summed E-state index contributed by atoms with van der Waals surface area (Å²) in [6.07, 6.45) is 2.49. The molecule has 0 spiro atoms. The van der Waals surface area contributed by atoms with Gasteiger partial charge in [-0.2, -0.15) is 0 Å². The molecule has 0 saturated heterocycles. The van der Waals surface area contributed by atoms with Crippen LogP contribution in [-0.2, 0) is 13.2 Å². The number of methoxy groups -OCH3 is 1. The maximum absolute atomic E-state index is 5.79. The Morgan fingerprint density at radius 1 is 1.35 bits per heavy atom. The summed E-state index contributed by atoms with van der Waals surface area (Å²) in [7, 11) is 1.65. The molecule has 0 aliphatic heterocycles. The lowest BCUT2D eigenvalue weighted by Gasteiger charge is -2.05. The molecule has 1 saturated carbocycles. The molecular weight excluding hydrogens is 272 g/mol. The normalized spacial score (nSPS) is 14.3. The first-order chi connectivity index (χ1) is 9.80. The second-order valence-electron chi connectivity index (χ2n) is 4.86. The molecule has 4 nitrogen and oxygen atoms in total. The second-order valence-corrected chi connectivity index (χ2v) is 6.03. The number of hydrogen-bond acceptors (Lipinski definition) is 5. The fraction of sp³-hybridized carbons (Fsp3) is 0.400. The van der Waals surface area contributed by atoms with Crippen LogP contribution in [0.2, 0.25) is 0 Å². The highest BCUT2D eigenvalue weighted by Gasteiger charge is 2.29. The van der Waals surface area contributed by atoms with Gasteiger partial charge in [0.2, 0.25) is 0 Å². The van der Waals surface area contributed by atoms with Crippen molar-refractivity contribution < 1.29 is 9.47 Å². The summed E-state index contributed by atoms with van der Waals surface area (Å²) >= 11 is 1.66. The van der Waals surface area contributed by atoms with Gasteiger partial charge in [0.1, 0.15) is 23.1 Å². The molecule has 2 N–H and O–H groups in total. The molecule has 106 valence electrons. The Balaban J connectivity index is 1.68. The average molecular weight is 290 g/mol. The predicted molar refractivity (Wildman–Crippen MR) is 79.3 cm³/mol. The standard InChI is InChI=1S/C15H18N2O2S/c1-18-11-3-2-4-12(7-11)19-9-14-17-15(10-5-6-10)13(8-16)20-14/h2-4,7,10H,5-6,8-9,16H2,1H3. The molecule has 1 aromatic carbocycles. The zero-order valence-corrected chi connectivity index (χ0v) is 12.3. The highest BCUT2D eigenvalue weighted by Crippen LogP contribution is 2.42. The van der Waals surface area contributed by atoms with Gasteiger partial charge in [0, 0.05) is 23.4 Å². The van der Waals surface area contributed by atoms with E-state index in [1.807, 2.05) is 24.3 Å². The molecule has 2 aromatic rings. The Morgan fingerprint density at radius 3 is 2.85 bits per heavy atom. The van der Waals surface area contributed by atoms with E-state index >= 15 is 0 Å². The van der Waals surface area contributed by atoms with E-state index in [2.05, 4.69) is 4.98 Å². The van der Waals surface area contributed by atoms with E-state index in [0.29, 0.717) is 19.1 Å². The largest absolute Gasteiger partial charge is 0.497 e. The maximum Gasteiger partial charge on any atom is 0.140 e. The fourth-order valence-electron chi connectivity index (χ4n) is 2.13. The zero-order valence-electron chi connectivity index (χ0n) is 11.5. The van der Waals surface area contributed by atoms with Crippen LogP contribution >= 0.6 is 11.3 Å². The van der Waals surface area contributed by atoms with Crippen LogP contribution in [0.1, 0.15) is 34.3 Å². The topological polar surface area (TPSA) is 57.4 Å². The van der Waals surface area contributed by atoms with Crippen LogP contribution in [0.4, 0.5) is 0 Å². The average Bonchev–Trinajstić information content (AvgIpc) is 3.25. The number of nitrogens with two attached hydrogens (primary N) is 1. The van der Waals surface area contributed by atoms with Crippen molar-refractivity contribution in [2.45, 2.75) is 31.9 Å². The van der Waals surface area contributed by atoms with Crippen molar-refractivity contribution in [2.75, 3.05) is 7.11 Å². The van der Waals surface area contributed by atoms with Gasteiger partial charge >= 0.3 is 0 Å². The van der Waals surface area contributed by atoms with Gasteiger partial charge in [0.15, 0.2) is 0 Å². The quantitative estimate of drug-likeness (QED) is 0.888. The summed E-state index contributed by atoms with van der Waals surface area (Å²) in [6, 6.07) is 7.60. The smallest absolute Gasteiger partial charge is 0.140 e. The lowest BCUT2D eigenvalue weighted by Crippen LogP contribution is -1.97. The second kappa shape index (κ2) is 5.81. The van der Waals surface area contributed by atoms with Crippen LogP contribution in [0.3, 0.4) is 0 Å². The molecule has 1 aliphatic rings. The summed E-state index contributed by atoms with van der Waals surface area (Å²) in [4.78, 5) is 5.89. The predicted octanol–water partition coefficient (Wildman–Crippen LogP) is 3.07. The minimum atomic E-state index is 0.484. The number of rotatable bonds is 6. The van der Waals surface area contributed by atoms with Crippen molar-refractivity contribution in [2.24, 2.45) is 5.73 Å². The highest BCUT2D eigenvalue weighted by atomic mass is 32.1. The Kier molecular flexibility index (Phi) is 3.89. The number of thiazole rings is 1. The summed E-state index contributed by atoms with van der Waals surface area (Å²) in [6.45, 7) is 1.06. The van der Waals surface area contributed by atoms with Gasteiger partial charge < -0.3 is 15.2 Å². The van der Waals surface area contributed by atoms with Crippen molar-refractivity contribution in [3.05, 3.63) is 39.8 Å². The minimum Gasteiger partial charge on any atom is -0.497 e. The lowest BCUT2D eigenvalue weighted by atomic mass is 10.2. The van der Waals surface area contributed by atoms with E-state index in [1.165, 1.54) is 23.4 Å². The van der Waals surface area contributed by atoms with Crippen molar-refractivity contribution in [3.8, 4) is 11.5 Å². The molecule has 3 rings (SSSR count). The van der Waals surface area contributed by atoms with Crippen molar-refractivity contribution >= 4 is 11.3 Å². The Bertz CT molecular complexity index is 593. The van der Waals surface area contributed by atoms with Gasteiger partial charge in [0.05, 0.1) is 12.8 Å². The van der Waals surface area contributed by atoms with Crippen LogP contribution in [0.5, 0.6) is 11.5 Å². The van der Waals surface area contributed by atoms with Gasteiger partial charge in [-0.25, -0.2) is 4.98 Å². The summed E-state index contributed by atoms with van der Waals surface area (Å²) in [5.41, 5.74) is 6.98. The van der Waals surface area contributed by atoms with Crippen LogP contribution in [0, 0.1) is 0 Å². The van der Waals surface area contributed by atoms with Crippen LogP contribution in [0.25, 0.3) is 0 Å². The Labute approximate surface area is 122 Å². The summed E-state index contributed by atoms with van der Waals surface area (Å²) in [5.74, 6) is 2.22. The molecule has 0 atom stereocenters. The Hall–Kier alpha value is -1.59. The first kappa shape index (κ1) is 13.4. The molecule has 5 heteroatoms. The van der Waals surface area contributed by atoms with Crippen LogP contribution in [0.15, 0.2) is 24.3 Å². The van der Waals surface area contributed by atoms with E-state index < -0.39 is 0 Å². The number of aromatic nitrogens is 1. The van der Waals surface area contributed by atoms with Gasteiger partial charge in [-0.3, -0.25) is 0 Å². The van der Waals surface area contributed by atoms with E-state index in [4.69, 9.17) is 15.2 Å². The molecule has 0 amide bonds. The van der Waals surface area contributed by atoms with E-state index in [-0.39, 0.29) is 0 Å². The Morgan fingerprint density at radius 2 is 2.15 bits per heavy atom. The van der Waals surface area contributed by atoms with Crippen LogP contribution in [-0.4, -0.2) is 12.1 Å². The third kappa shape index (κ3) is 2.94. The van der Waals surface area contributed by atoms with E-state index in [9.17, 15) is 0 Å². The third-order valence-electron chi connectivity index (χ3n) is 3.32. The molecular formula is C15H18N2O2S. The minimum absolute atomic E-state index is 0.484. The lowest BCUT2D eigenvalue weighted by molar-refractivity contribution is 0.303. The van der Waals surface area contributed by atoms with E-state index in [1.54, 1.807) is 18.4 Å². The maximum atomic E-state index is 5.79. The van der Waals surface area contributed by atoms with E-state index in [0.717, 1.165) is 16.5 Å². The molecule has 20 heavy (non-hydrogen) atoms. The molecule has 0 unspecified atom stereocenters. The van der Waals surface area contributed by atoms with Crippen molar-refractivity contribution in [3.63, 3.8) is 0 Å². The number of nitrogens with zero attached hydrogens (tertiary/aromatic N) is 1.